The van der Waals surface area contributed by atoms with Gasteiger partial charge in [-0.05, 0) is 18.2 Å². The molecule has 11 heavy (non-hydrogen) atoms. The molecular weight excluding hydrogens is 165 g/mol. The number of anilines is 1. The lowest BCUT2D eigenvalue weighted by molar-refractivity contribution is 0.628. The summed E-state index contributed by atoms with van der Waals surface area (Å²) in [6.07, 6.45) is 0. The molecule has 0 aliphatic rings. The molecule has 1 aromatic carbocycles. The van der Waals surface area contributed by atoms with Crippen LogP contribution in [0.5, 0.6) is 0 Å². The summed E-state index contributed by atoms with van der Waals surface area (Å²) in [4.78, 5) is 1.87. The highest BCUT2D eigenvalue weighted by atomic mass is 35.5. The average molecular weight is 174 g/mol. The van der Waals surface area contributed by atoms with Gasteiger partial charge in [-0.15, -0.1) is 0 Å². The Kier molecular flexibility index (Phi) is 2.35. The third kappa shape index (κ3) is 1.84. The Hall–Kier alpha value is -0.760. The van der Waals surface area contributed by atoms with Crippen molar-refractivity contribution in [2.75, 3.05) is 19.0 Å². The first-order chi connectivity index (χ1) is 5.11. The molecule has 0 N–H and O–H groups in total. The minimum Gasteiger partial charge on any atom is -0.378 e. The fourth-order valence-corrected chi connectivity index (χ4v) is 0.938. The van der Waals surface area contributed by atoms with Crippen LogP contribution in [0.25, 0.3) is 0 Å². The molecule has 1 nitrogen and oxygen atoms in total. The van der Waals surface area contributed by atoms with Crippen LogP contribution in [0, 0.1) is 5.82 Å². The summed E-state index contributed by atoms with van der Waals surface area (Å²) in [6.45, 7) is 0. The molecule has 0 amide bonds. The van der Waals surface area contributed by atoms with Crippen LogP contribution in [-0.4, -0.2) is 14.1 Å². The van der Waals surface area contributed by atoms with E-state index in [4.69, 9.17) is 11.6 Å². The lowest BCUT2D eigenvalue weighted by atomic mass is 10.3. The van der Waals surface area contributed by atoms with Crippen LogP contribution >= 0.6 is 11.6 Å². The Morgan fingerprint density at radius 1 is 1.36 bits per heavy atom. The van der Waals surface area contributed by atoms with Crippen LogP contribution in [-0.2, 0) is 0 Å². The van der Waals surface area contributed by atoms with Crippen molar-refractivity contribution >= 4 is 17.3 Å². The van der Waals surface area contributed by atoms with Gasteiger partial charge in [-0.3, -0.25) is 0 Å². The Morgan fingerprint density at radius 2 is 2.00 bits per heavy atom. The Morgan fingerprint density at radius 3 is 2.45 bits per heavy atom. The molecule has 60 valence electrons. The van der Waals surface area contributed by atoms with Crippen LogP contribution in [0.3, 0.4) is 0 Å². The van der Waals surface area contributed by atoms with E-state index in [0.717, 1.165) is 5.69 Å². The van der Waals surface area contributed by atoms with E-state index in [9.17, 15) is 4.39 Å². The van der Waals surface area contributed by atoms with E-state index in [1.807, 2.05) is 19.0 Å². The van der Waals surface area contributed by atoms with E-state index >= 15 is 0 Å². The molecule has 0 radical (unpaired) electrons. The minimum atomic E-state index is -0.378. The summed E-state index contributed by atoms with van der Waals surface area (Å²) >= 11 is 5.56. The summed E-state index contributed by atoms with van der Waals surface area (Å²) in [5, 5.41) is 0.163. The van der Waals surface area contributed by atoms with Gasteiger partial charge in [0.25, 0.3) is 0 Å². The predicted molar refractivity (Wildman–Crippen MR) is 45.7 cm³/mol. The molecule has 0 spiro atoms. The second-order valence-corrected chi connectivity index (χ2v) is 2.90. The first kappa shape index (κ1) is 8.34. The number of hydrogen-bond donors (Lipinski definition) is 0. The quantitative estimate of drug-likeness (QED) is 0.631. The van der Waals surface area contributed by atoms with Crippen LogP contribution in [0.15, 0.2) is 18.2 Å². The Labute approximate surface area is 70.4 Å². The maximum atomic E-state index is 12.6. The smallest absolute Gasteiger partial charge is 0.141 e. The van der Waals surface area contributed by atoms with Crippen molar-refractivity contribution < 1.29 is 4.39 Å². The summed E-state index contributed by atoms with van der Waals surface area (Å²) in [6, 6.07) is 4.63. The summed E-state index contributed by atoms with van der Waals surface area (Å²) < 4.78 is 12.6. The highest BCUT2D eigenvalue weighted by Gasteiger charge is 2.00. The maximum absolute atomic E-state index is 12.6. The topological polar surface area (TPSA) is 3.24 Å². The zero-order chi connectivity index (χ0) is 8.43. The predicted octanol–water partition coefficient (Wildman–Crippen LogP) is 2.55. The van der Waals surface area contributed by atoms with E-state index in [0.29, 0.717) is 0 Å². The first-order valence-electron chi connectivity index (χ1n) is 3.23. The molecule has 0 aromatic heterocycles. The lowest BCUT2D eigenvalue weighted by Crippen LogP contribution is -2.08. The highest BCUT2D eigenvalue weighted by Crippen LogP contribution is 2.20. The number of hydrogen-bond acceptors (Lipinski definition) is 1. The number of nitrogens with zero attached hydrogens (tertiary/aromatic N) is 1. The van der Waals surface area contributed by atoms with Gasteiger partial charge in [-0.2, -0.15) is 0 Å². The summed E-state index contributed by atoms with van der Waals surface area (Å²) in [5.74, 6) is -0.378. The second kappa shape index (κ2) is 3.09. The van der Waals surface area contributed by atoms with Crippen LogP contribution in [0.4, 0.5) is 10.1 Å². The molecule has 1 rings (SSSR count). The van der Waals surface area contributed by atoms with Crippen molar-refractivity contribution in [3.05, 3.63) is 29.0 Å². The van der Waals surface area contributed by atoms with Gasteiger partial charge in [-0.1, -0.05) is 11.6 Å². The normalized spacial score (nSPS) is 9.82. The number of benzene rings is 1. The molecule has 3 heteroatoms. The molecule has 0 unspecified atom stereocenters. The van der Waals surface area contributed by atoms with Gasteiger partial charge in [0.05, 0.1) is 5.02 Å². The summed E-state index contributed by atoms with van der Waals surface area (Å²) in [5.41, 5.74) is 0.899. The van der Waals surface area contributed by atoms with Gasteiger partial charge < -0.3 is 4.90 Å². The SMILES string of the molecule is CN(C)c1ccc(F)c(Cl)c1. The molecule has 0 saturated heterocycles. The largest absolute Gasteiger partial charge is 0.378 e. The van der Waals surface area contributed by atoms with Crippen LogP contribution < -0.4 is 4.90 Å². The number of halogens is 2. The zero-order valence-electron chi connectivity index (χ0n) is 6.44. The Bertz CT molecular complexity index is 260. The van der Waals surface area contributed by atoms with Crippen molar-refractivity contribution in [2.45, 2.75) is 0 Å². The van der Waals surface area contributed by atoms with Gasteiger partial charge in [0.15, 0.2) is 0 Å². The lowest BCUT2D eigenvalue weighted by Gasteiger charge is -2.11. The molecule has 0 atom stereocenters. The van der Waals surface area contributed by atoms with E-state index in [-0.39, 0.29) is 10.8 Å². The molecular formula is C8H9ClFN. The average Bonchev–Trinajstić information content (AvgIpc) is 1.94. The van der Waals surface area contributed by atoms with Crippen molar-refractivity contribution in [3.8, 4) is 0 Å². The zero-order valence-corrected chi connectivity index (χ0v) is 7.19. The van der Waals surface area contributed by atoms with E-state index in [1.165, 1.54) is 6.07 Å². The van der Waals surface area contributed by atoms with Crippen molar-refractivity contribution in [1.82, 2.24) is 0 Å². The van der Waals surface area contributed by atoms with Crippen LogP contribution in [0.1, 0.15) is 0 Å². The standard InChI is InChI=1S/C8H9ClFN/c1-11(2)6-3-4-8(10)7(9)5-6/h3-5H,1-2H3. The second-order valence-electron chi connectivity index (χ2n) is 2.49. The van der Waals surface area contributed by atoms with Gasteiger partial charge in [0.2, 0.25) is 0 Å². The molecule has 1 aromatic rings. The molecule has 0 aliphatic heterocycles. The monoisotopic (exact) mass is 173 g/mol. The van der Waals surface area contributed by atoms with Crippen LogP contribution in [0.2, 0.25) is 5.02 Å². The van der Waals surface area contributed by atoms with Crippen molar-refractivity contribution in [2.24, 2.45) is 0 Å². The third-order valence-corrected chi connectivity index (χ3v) is 1.71. The van der Waals surface area contributed by atoms with Gasteiger partial charge in [-0.25, -0.2) is 4.39 Å². The van der Waals surface area contributed by atoms with Gasteiger partial charge in [0, 0.05) is 19.8 Å². The molecule has 0 aliphatic carbocycles. The highest BCUT2D eigenvalue weighted by molar-refractivity contribution is 6.31. The summed E-state index contributed by atoms with van der Waals surface area (Å²) in [7, 11) is 3.76. The maximum Gasteiger partial charge on any atom is 0.141 e. The minimum absolute atomic E-state index is 0.163. The third-order valence-electron chi connectivity index (χ3n) is 1.42. The van der Waals surface area contributed by atoms with Crippen molar-refractivity contribution in [3.63, 3.8) is 0 Å². The molecule has 0 saturated carbocycles. The first-order valence-corrected chi connectivity index (χ1v) is 3.61. The Balaban J connectivity index is 3.05. The molecule has 0 heterocycles. The van der Waals surface area contributed by atoms with Crippen molar-refractivity contribution in [1.29, 1.82) is 0 Å². The fraction of sp³-hybridized carbons (Fsp3) is 0.250. The van der Waals surface area contributed by atoms with E-state index < -0.39 is 0 Å². The number of rotatable bonds is 1. The van der Waals surface area contributed by atoms with Gasteiger partial charge in [0.1, 0.15) is 5.82 Å². The van der Waals surface area contributed by atoms with Gasteiger partial charge >= 0.3 is 0 Å². The molecule has 0 bridgehead atoms. The van der Waals surface area contributed by atoms with E-state index in [2.05, 4.69) is 0 Å². The molecule has 0 fully saturated rings. The fourth-order valence-electron chi connectivity index (χ4n) is 0.763. The van der Waals surface area contributed by atoms with E-state index in [1.54, 1.807) is 12.1 Å².